The Kier molecular flexibility index (Phi) is 1.85. The van der Waals surface area contributed by atoms with Crippen molar-refractivity contribution in [2.24, 2.45) is 16.7 Å². The quantitative estimate of drug-likeness (QED) is 0.659. The Hall–Kier alpha value is -0.730. The van der Waals surface area contributed by atoms with Crippen molar-refractivity contribution in [1.29, 1.82) is 0 Å². The first kappa shape index (κ1) is 9.81. The van der Waals surface area contributed by atoms with Gasteiger partial charge >= 0.3 is 6.16 Å². The standard InChI is InChI=1S/C11H18O3/c1-10(2)7-4-5-11(3,6-7)8(10)14-9(12)13/h7-8H,4-6H2,1-3H3,(H,12,13)/t7-,8-,11+/m0/s1. The van der Waals surface area contributed by atoms with E-state index < -0.39 is 6.16 Å². The molecule has 2 bridgehead atoms. The predicted molar refractivity (Wildman–Crippen MR) is 52.1 cm³/mol. The molecule has 3 atom stereocenters. The number of carboxylic acid groups (broad SMARTS) is 1. The zero-order valence-corrected chi connectivity index (χ0v) is 9.04. The Morgan fingerprint density at radius 2 is 2.07 bits per heavy atom. The molecule has 0 heterocycles. The summed E-state index contributed by atoms with van der Waals surface area (Å²) in [4.78, 5) is 10.6. The summed E-state index contributed by atoms with van der Waals surface area (Å²) in [5.74, 6) is 0.636. The molecule has 0 radical (unpaired) electrons. The van der Waals surface area contributed by atoms with Crippen molar-refractivity contribution in [3.8, 4) is 0 Å². The lowest BCUT2D eigenvalue weighted by Gasteiger charge is -2.40. The maximum absolute atomic E-state index is 10.6. The second-order valence-electron chi connectivity index (χ2n) is 5.68. The zero-order chi connectivity index (χ0) is 10.6. The molecule has 3 heteroatoms. The van der Waals surface area contributed by atoms with Crippen LogP contribution in [0.25, 0.3) is 0 Å². The smallest absolute Gasteiger partial charge is 0.450 e. The van der Waals surface area contributed by atoms with E-state index in [9.17, 15) is 4.79 Å². The van der Waals surface area contributed by atoms with Crippen LogP contribution in [0.3, 0.4) is 0 Å². The van der Waals surface area contributed by atoms with Gasteiger partial charge in [0.15, 0.2) is 0 Å². The molecule has 0 spiro atoms. The highest BCUT2D eigenvalue weighted by Crippen LogP contribution is 2.63. The summed E-state index contributed by atoms with van der Waals surface area (Å²) in [5.41, 5.74) is 0.109. The molecule has 0 unspecified atom stereocenters. The summed E-state index contributed by atoms with van der Waals surface area (Å²) in [6.07, 6.45) is 2.21. The SMILES string of the molecule is CC1(C)[C@H]2CC[C@](C)(C2)[C@H]1OC(=O)O. The molecule has 2 fully saturated rings. The maximum Gasteiger partial charge on any atom is 0.506 e. The van der Waals surface area contributed by atoms with Crippen LogP contribution in [-0.2, 0) is 4.74 Å². The van der Waals surface area contributed by atoms with Gasteiger partial charge in [0.1, 0.15) is 6.10 Å². The Morgan fingerprint density at radius 3 is 2.50 bits per heavy atom. The van der Waals surface area contributed by atoms with Crippen LogP contribution >= 0.6 is 0 Å². The van der Waals surface area contributed by atoms with Gasteiger partial charge in [0.25, 0.3) is 0 Å². The van der Waals surface area contributed by atoms with Gasteiger partial charge in [-0.15, -0.1) is 0 Å². The van der Waals surface area contributed by atoms with Gasteiger partial charge in [0, 0.05) is 10.8 Å². The third kappa shape index (κ3) is 1.14. The van der Waals surface area contributed by atoms with Gasteiger partial charge in [0.05, 0.1) is 0 Å². The molecule has 2 rings (SSSR count). The zero-order valence-electron chi connectivity index (χ0n) is 9.04. The molecule has 14 heavy (non-hydrogen) atoms. The van der Waals surface area contributed by atoms with Crippen LogP contribution in [0.5, 0.6) is 0 Å². The number of rotatable bonds is 1. The van der Waals surface area contributed by atoms with Crippen LogP contribution in [0.2, 0.25) is 0 Å². The third-order valence-corrected chi connectivity index (χ3v) is 4.36. The fraction of sp³-hybridized carbons (Fsp3) is 0.909. The Labute approximate surface area is 84.4 Å². The minimum absolute atomic E-state index is 0.0192. The molecular weight excluding hydrogens is 180 g/mol. The molecule has 80 valence electrons. The Bertz CT molecular complexity index is 267. The fourth-order valence-electron chi connectivity index (χ4n) is 3.65. The summed E-state index contributed by atoms with van der Waals surface area (Å²) in [7, 11) is 0. The van der Waals surface area contributed by atoms with Crippen molar-refractivity contribution in [3.05, 3.63) is 0 Å². The summed E-state index contributed by atoms with van der Waals surface area (Å²) < 4.78 is 5.08. The van der Waals surface area contributed by atoms with E-state index in [-0.39, 0.29) is 16.9 Å². The van der Waals surface area contributed by atoms with Crippen molar-refractivity contribution in [2.75, 3.05) is 0 Å². The van der Waals surface area contributed by atoms with Crippen LogP contribution in [0.4, 0.5) is 4.79 Å². The highest BCUT2D eigenvalue weighted by Gasteiger charge is 2.61. The molecule has 3 nitrogen and oxygen atoms in total. The van der Waals surface area contributed by atoms with Gasteiger partial charge < -0.3 is 9.84 Å². The Balaban J connectivity index is 2.25. The molecule has 2 aliphatic carbocycles. The number of carbonyl (C=O) groups is 1. The van der Waals surface area contributed by atoms with Gasteiger partial charge in [-0.2, -0.15) is 0 Å². The highest BCUT2D eigenvalue weighted by atomic mass is 16.7. The van der Waals surface area contributed by atoms with E-state index in [4.69, 9.17) is 9.84 Å². The lowest BCUT2D eigenvalue weighted by molar-refractivity contribution is -0.0634. The van der Waals surface area contributed by atoms with Gasteiger partial charge in [-0.1, -0.05) is 20.8 Å². The van der Waals surface area contributed by atoms with Crippen molar-refractivity contribution in [2.45, 2.75) is 46.1 Å². The molecule has 0 aromatic rings. The molecule has 2 aliphatic rings. The molecule has 1 N–H and O–H groups in total. The van der Waals surface area contributed by atoms with E-state index in [1.807, 2.05) is 0 Å². The van der Waals surface area contributed by atoms with Gasteiger partial charge in [-0.25, -0.2) is 4.79 Å². The summed E-state index contributed by atoms with van der Waals surface area (Å²) in [5, 5.41) is 8.73. The number of ether oxygens (including phenoxy) is 1. The second-order valence-corrected chi connectivity index (χ2v) is 5.68. The molecule has 0 aromatic heterocycles. The van der Waals surface area contributed by atoms with E-state index in [0.717, 1.165) is 12.8 Å². The third-order valence-electron chi connectivity index (χ3n) is 4.36. The monoisotopic (exact) mass is 198 g/mol. The van der Waals surface area contributed by atoms with Gasteiger partial charge in [-0.3, -0.25) is 0 Å². The Morgan fingerprint density at radius 1 is 1.43 bits per heavy atom. The molecular formula is C11H18O3. The summed E-state index contributed by atoms with van der Waals surface area (Å²) >= 11 is 0. The maximum atomic E-state index is 10.6. The van der Waals surface area contributed by atoms with Crippen molar-refractivity contribution in [1.82, 2.24) is 0 Å². The van der Waals surface area contributed by atoms with E-state index >= 15 is 0 Å². The average Bonchev–Trinajstić information content (AvgIpc) is 2.49. The second kappa shape index (κ2) is 2.65. The van der Waals surface area contributed by atoms with Crippen LogP contribution < -0.4 is 0 Å². The molecule has 0 amide bonds. The fourth-order valence-corrected chi connectivity index (χ4v) is 3.65. The van der Waals surface area contributed by atoms with E-state index in [1.54, 1.807) is 0 Å². The summed E-state index contributed by atoms with van der Waals surface area (Å²) in [6.45, 7) is 6.43. The number of hydrogen-bond acceptors (Lipinski definition) is 2. The van der Waals surface area contributed by atoms with Crippen LogP contribution in [0.15, 0.2) is 0 Å². The first-order valence-corrected chi connectivity index (χ1v) is 5.26. The molecule has 0 aromatic carbocycles. The summed E-state index contributed by atoms with van der Waals surface area (Å²) in [6, 6.07) is 0. The lowest BCUT2D eigenvalue weighted by Crippen LogP contribution is -2.43. The normalized spacial score (nSPS) is 43.9. The topological polar surface area (TPSA) is 46.5 Å². The minimum atomic E-state index is -1.13. The first-order chi connectivity index (χ1) is 6.36. The highest BCUT2D eigenvalue weighted by molar-refractivity contribution is 5.57. The van der Waals surface area contributed by atoms with Crippen molar-refractivity contribution in [3.63, 3.8) is 0 Å². The lowest BCUT2D eigenvalue weighted by atomic mass is 9.70. The van der Waals surface area contributed by atoms with E-state index in [0.29, 0.717) is 5.92 Å². The number of fused-ring (bicyclic) bond motifs is 2. The van der Waals surface area contributed by atoms with Crippen molar-refractivity contribution < 1.29 is 14.6 Å². The minimum Gasteiger partial charge on any atom is -0.450 e. The number of hydrogen-bond donors (Lipinski definition) is 1. The molecule has 0 aliphatic heterocycles. The van der Waals surface area contributed by atoms with E-state index in [2.05, 4.69) is 20.8 Å². The predicted octanol–water partition coefficient (Wildman–Crippen LogP) is 2.90. The van der Waals surface area contributed by atoms with E-state index in [1.165, 1.54) is 6.42 Å². The largest absolute Gasteiger partial charge is 0.506 e. The molecule has 0 saturated heterocycles. The van der Waals surface area contributed by atoms with Crippen LogP contribution in [0.1, 0.15) is 40.0 Å². The van der Waals surface area contributed by atoms with Gasteiger partial charge in [0.2, 0.25) is 0 Å². The molecule has 2 saturated carbocycles. The van der Waals surface area contributed by atoms with Gasteiger partial charge in [-0.05, 0) is 25.2 Å². The first-order valence-electron chi connectivity index (χ1n) is 5.26. The average molecular weight is 198 g/mol. The van der Waals surface area contributed by atoms with Crippen LogP contribution in [-0.4, -0.2) is 17.4 Å². The van der Waals surface area contributed by atoms with Crippen LogP contribution in [0, 0.1) is 16.7 Å². The van der Waals surface area contributed by atoms with Crippen molar-refractivity contribution >= 4 is 6.16 Å².